The molecule has 2 aromatic carbocycles. The lowest BCUT2D eigenvalue weighted by Crippen LogP contribution is -2.27. The van der Waals surface area contributed by atoms with Crippen LogP contribution < -0.4 is 0 Å². The standard InChI is InChI=1S/C16H19FN2O.C9H7F.C8H14ClNO/c1-2-3-12-8-16(20)19(10-12)11-18-7-6-13-9-14(17)4-5-15(13)18;10-9-5-4-7-2-1-3-8(7)6-9;1-2-3-7-4-8(11)10(5-7)6-9/h4-7,9,12H,2-3,8,10-11H2,1H3;1,3-6H,2H2;7H,2-6H2,1H3. The van der Waals surface area contributed by atoms with E-state index >= 15 is 0 Å². The van der Waals surface area contributed by atoms with Crippen LogP contribution in [0.2, 0.25) is 0 Å². The molecule has 6 rings (SSSR count). The fraction of sp³-hybridized carbons (Fsp3) is 0.455. The van der Waals surface area contributed by atoms with Gasteiger partial charge in [0.05, 0.1) is 12.7 Å². The van der Waals surface area contributed by atoms with Crippen molar-refractivity contribution in [1.82, 2.24) is 14.4 Å². The Labute approximate surface area is 246 Å². The van der Waals surface area contributed by atoms with Gasteiger partial charge < -0.3 is 14.4 Å². The van der Waals surface area contributed by atoms with E-state index in [0.29, 0.717) is 37.4 Å². The first-order valence-electron chi connectivity index (χ1n) is 14.6. The van der Waals surface area contributed by atoms with E-state index in [9.17, 15) is 18.4 Å². The summed E-state index contributed by atoms with van der Waals surface area (Å²) in [6, 6.07) is 11.9. The summed E-state index contributed by atoms with van der Waals surface area (Å²) >= 11 is 5.57. The molecule has 41 heavy (non-hydrogen) atoms. The van der Waals surface area contributed by atoms with Gasteiger partial charge in [-0.15, -0.1) is 11.6 Å². The van der Waals surface area contributed by atoms with E-state index in [4.69, 9.17) is 11.6 Å². The van der Waals surface area contributed by atoms with Crippen LogP contribution in [0.5, 0.6) is 0 Å². The van der Waals surface area contributed by atoms with E-state index in [1.165, 1.54) is 23.8 Å². The van der Waals surface area contributed by atoms with E-state index in [1.54, 1.807) is 17.0 Å². The molecule has 2 amide bonds. The third-order valence-electron chi connectivity index (χ3n) is 7.93. The zero-order valence-electron chi connectivity index (χ0n) is 24.0. The Hall–Kier alpha value is -3.19. The van der Waals surface area contributed by atoms with Crippen molar-refractivity contribution in [2.75, 3.05) is 19.1 Å². The normalized spacial score (nSPS) is 19.3. The second-order valence-corrected chi connectivity index (χ2v) is 11.4. The highest BCUT2D eigenvalue weighted by Crippen LogP contribution is 2.25. The van der Waals surface area contributed by atoms with Gasteiger partial charge in [0.2, 0.25) is 11.8 Å². The van der Waals surface area contributed by atoms with Crippen molar-refractivity contribution in [3.8, 4) is 0 Å². The van der Waals surface area contributed by atoms with Crippen molar-refractivity contribution in [3.63, 3.8) is 0 Å². The van der Waals surface area contributed by atoms with Crippen molar-refractivity contribution in [1.29, 1.82) is 0 Å². The molecule has 0 radical (unpaired) electrons. The third kappa shape index (κ3) is 8.19. The van der Waals surface area contributed by atoms with E-state index in [2.05, 4.69) is 13.8 Å². The summed E-state index contributed by atoms with van der Waals surface area (Å²) in [4.78, 5) is 26.8. The number of allylic oxidation sites excluding steroid dienone is 1. The number of hydrogen-bond donors (Lipinski definition) is 0. The minimum atomic E-state index is -0.226. The molecular weight excluding hydrogens is 544 g/mol. The Morgan fingerprint density at radius 2 is 1.49 bits per heavy atom. The van der Waals surface area contributed by atoms with Gasteiger partial charge in [-0.3, -0.25) is 9.59 Å². The first-order valence-corrected chi connectivity index (χ1v) is 15.2. The molecule has 2 aliphatic heterocycles. The zero-order chi connectivity index (χ0) is 29.4. The average Bonchev–Trinajstić information content (AvgIpc) is 3.73. The van der Waals surface area contributed by atoms with E-state index < -0.39 is 0 Å². The summed E-state index contributed by atoms with van der Waals surface area (Å²) in [5, 5.41) is 0.877. The minimum Gasteiger partial charge on any atom is -0.329 e. The van der Waals surface area contributed by atoms with Crippen molar-refractivity contribution in [3.05, 3.63) is 77.5 Å². The largest absolute Gasteiger partial charge is 0.329 e. The smallest absolute Gasteiger partial charge is 0.224 e. The van der Waals surface area contributed by atoms with Gasteiger partial charge in [0.15, 0.2) is 0 Å². The van der Waals surface area contributed by atoms with E-state index in [1.807, 2.05) is 39.9 Å². The van der Waals surface area contributed by atoms with Gasteiger partial charge >= 0.3 is 0 Å². The molecule has 220 valence electrons. The van der Waals surface area contributed by atoms with Crippen molar-refractivity contribution >= 4 is 40.4 Å². The highest BCUT2D eigenvalue weighted by molar-refractivity contribution is 6.18. The molecule has 1 aromatic heterocycles. The predicted octanol–water partition coefficient (Wildman–Crippen LogP) is 7.61. The lowest BCUT2D eigenvalue weighted by Gasteiger charge is -2.18. The van der Waals surface area contributed by atoms with Crippen LogP contribution in [-0.4, -0.2) is 45.3 Å². The lowest BCUT2D eigenvalue weighted by atomic mass is 10.0. The van der Waals surface area contributed by atoms with Gasteiger partial charge in [-0.2, -0.15) is 0 Å². The fourth-order valence-electron chi connectivity index (χ4n) is 5.86. The van der Waals surface area contributed by atoms with Crippen molar-refractivity contribution in [2.45, 2.75) is 65.5 Å². The molecule has 2 unspecified atom stereocenters. The molecule has 3 heterocycles. The van der Waals surface area contributed by atoms with E-state index in [-0.39, 0.29) is 23.4 Å². The predicted molar refractivity (Wildman–Crippen MR) is 161 cm³/mol. The second kappa shape index (κ2) is 14.6. The maximum Gasteiger partial charge on any atom is 0.224 e. The Kier molecular flexibility index (Phi) is 11.0. The molecule has 0 N–H and O–H groups in total. The number of nitrogens with zero attached hydrogens (tertiary/aromatic N) is 3. The number of rotatable bonds is 7. The van der Waals surface area contributed by atoms with Crippen LogP contribution in [0.3, 0.4) is 0 Å². The molecule has 1 aliphatic carbocycles. The molecule has 2 saturated heterocycles. The summed E-state index contributed by atoms with van der Waals surface area (Å²) in [6.45, 7) is 6.58. The minimum absolute atomic E-state index is 0.148. The quantitative estimate of drug-likeness (QED) is 0.212. The number of amides is 2. The monoisotopic (exact) mass is 583 g/mol. The maximum absolute atomic E-state index is 13.2. The highest BCUT2D eigenvalue weighted by Gasteiger charge is 2.29. The SMILES string of the molecule is CCCC1CC(=O)N(CCl)C1.CCCC1CC(=O)N(Cn2ccc3cc(F)ccc32)C1.Fc1ccc2c(c1)C=CC2. The molecule has 5 nitrogen and oxygen atoms in total. The molecule has 8 heteroatoms. The Morgan fingerprint density at radius 1 is 0.854 bits per heavy atom. The number of benzene rings is 2. The molecular formula is C33H40ClF2N3O2. The van der Waals surface area contributed by atoms with Crippen LogP contribution in [0.15, 0.2) is 54.7 Å². The van der Waals surface area contributed by atoms with Gasteiger partial charge in [0.25, 0.3) is 0 Å². The summed E-state index contributed by atoms with van der Waals surface area (Å²) in [5.74, 6) is 1.13. The van der Waals surface area contributed by atoms with Crippen molar-refractivity contribution < 1.29 is 18.4 Å². The van der Waals surface area contributed by atoms with Crippen molar-refractivity contribution in [2.24, 2.45) is 11.8 Å². The number of alkyl halides is 1. The van der Waals surface area contributed by atoms with Crippen LogP contribution in [0.1, 0.15) is 63.5 Å². The number of likely N-dealkylation sites (tertiary alicyclic amines) is 2. The molecule has 2 atom stereocenters. The third-order valence-corrected chi connectivity index (χ3v) is 8.22. The maximum atomic E-state index is 13.2. The summed E-state index contributed by atoms with van der Waals surface area (Å²) < 4.78 is 27.7. The summed E-state index contributed by atoms with van der Waals surface area (Å²) in [6.07, 6.45) is 12.8. The Balaban J connectivity index is 0.000000156. The first-order chi connectivity index (χ1) is 19.8. The summed E-state index contributed by atoms with van der Waals surface area (Å²) in [7, 11) is 0. The van der Waals surface area contributed by atoms with Gasteiger partial charge in [0.1, 0.15) is 11.6 Å². The van der Waals surface area contributed by atoms with Gasteiger partial charge in [-0.05, 0) is 78.6 Å². The van der Waals surface area contributed by atoms with Gasteiger partial charge in [-0.1, -0.05) is 44.9 Å². The van der Waals surface area contributed by atoms with Crippen LogP contribution in [-0.2, 0) is 22.7 Å². The second-order valence-electron chi connectivity index (χ2n) is 11.1. The Morgan fingerprint density at radius 3 is 2.15 bits per heavy atom. The van der Waals surface area contributed by atoms with Gasteiger partial charge in [-0.25, -0.2) is 8.78 Å². The first kappa shape index (κ1) is 30.8. The average molecular weight is 584 g/mol. The topological polar surface area (TPSA) is 45.6 Å². The number of aromatic nitrogens is 1. The summed E-state index contributed by atoms with van der Waals surface area (Å²) in [5.41, 5.74) is 3.22. The molecule has 3 aromatic rings. The van der Waals surface area contributed by atoms with Crippen LogP contribution >= 0.6 is 11.6 Å². The Bertz CT molecular complexity index is 1370. The highest BCUT2D eigenvalue weighted by atomic mass is 35.5. The fourth-order valence-corrected chi connectivity index (χ4v) is 6.09. The number of carbonyl (C=O) groups excluding carboxylic acids is 2. The zero-order valence-corrected chi connectivity index (χ0v) is 24.8. The van der Waals surface area contributed by atoms with Crippen LogP contribution in [0, 0.1) is 23.5 Å². The molecule has 0 spiro atoms. The van der Waals surface area contributed by atoms with Crippen LogP contribution in [0.4, 0.5) is 8.78 Å². The molecule has 3 aliphatic rings. The number of fused-ring (bicyclic) bond motifs is 2. The molecule has 2 fully saturated rings. The number of carbonyl (C=O) groups is 2. The van der Waals surface area contributed by atoms with Gasteiger partial charge in [0, 0.05) is 43.0 Å². The van der Waals surface area contributed by atoms with E-state index in [0.717, 1.165) is 61.7 Å². The molecule has 0 saturated carbocycles. The lowest BCUT2D eigenvalue weighted by molar-refractivity contribution is -0.129. The molecule has 0 bridgehead atoms. The van der Waals surface area contributed by atoms with Crippen LogP contribution in [0.25, 0.3) is 17.0 Å². The number of halogens is 3. The number of hydrogen-bond acceptors (Lipinski definition) is 2.